The molecule has 1 saturated heterocycles. The Morgan fingerprint density at radius 3 is 2.38 bits per heavy atom. The lowest BCUT2D eigenvalue weighted by atomic mass is 10.1. The van der Waals surface area contributed by atoms with Gasteiger partial charge in [0.15, 0.2) is 29.4 Å². The highest BCUT2D eigenvalue weighted by molar-refractivity contribution is 7.80. The Balaban J connectivity index is 2.06. The molecule has 1 fully saturated rings. The van der Waals surface area contributed by atoms with Crippen LogP contribution < -0.4 is 0 Å². The molecule has 3 aliphatic rings. The third kappa shape index (κ3) is 4.32. The van der Waals surface area contributed by atoms with Gasteiger partial charge in [0.2, 0.25) is 0 Å². The molecule has 3 aliphatic heterocycles. The van der Waals surface area contributed by atoms with Gasteiger partial charge in [-0.05, 0) is 6.92 Å². The van der Waals surface area contributed by atoms with Gasteiger partial charge < -0.3 is 18.9 Å². The maximum absolute atomic E-state index is 11.8. The van der Waals surface area contributed by atoms with Gasteiger partial charge in [0.1, 0.15) is 24.7 Å². The van der Waals surface area contributed by atoms with E-state index in [1.165, 1.54) is 27.1 Å². The van der Waals surface area contributed by atoms with Crippen molar-refractivity contribution in [3.05, 3.63) is 12.0 Å². The van der Waals surface area contributed by atoms with E-state index in [2.05, 4.69) is 27.6 Å². The first-order valence-corrected chi connectivity index (χ1v) is 9.15. The van der Waals surface area contributed by atoms with E-state index < -0.39 is 42.4 Å². The largest absolute Gasteiger partial charge is 0.463 e. The molecule has 4 atom stereocenters. The van der Waals surface area contributed by atoms with Crippen LogP contribution in [0.1, 0.15) is 32.7 Å². The molecule has 0 spiro atoms. The van der Waals surface area contributed by atoms with Crippen molar-refractivity contribution in [3.8, 4) is 11.5 Å². The first-order chi connectivity index (χ1) is 13.7. The summed E-state index contributed by atoms with van der Waals surface area (Å²) in [5.74, 6) is -1.34. The van der Waals surface area contributed by atoms with Gasteiger partial charge in [-0.25, -0.2) is 15.0 Å². The molecule has 0 aliphatic carbocycles. The normalized spacial score (nSPS) is 23.8. The zero-order valence-corrected chi connectivity index (χ0v) is 17.1. The fourth-order valence-electron chi connectivity index (χ4n) is 3.22. The summed E-state index contributed by atoms with van der Waals surface area (Å²) in [4.78, 5) is 47.2. The van der Waals surface area contributed by atoms with Crippen LogP contribution in [0.15, 0.2) is 11.5 Å². The number of carbonyl (C=O) groups is 3. The van der Waals surface area contributed by atoms with Gasteiger partial charge in [-0.2, -0.15) is 0 Å². The van der Waals surface area contributed by atoms with E-state index in [1.54, 1.807) is 11.5 Å². The maximum atomic E-state index is 11.8. The molecule has 156 valence electrons. The Labute approximate surface area is 171 Å². The van der Waals surface area contributed by atoms with E-state index >= 15 is 0 Å². The highest BCUT2D eigenvalue weighted by atomic mass is 32.1. The first kappa shape index (κ1) is 21.0. The predicted molar refractivity (Wildman–Crippen MR) is 98.1 cm³/mol. The number of carbonyl (C=O) groups excluding carboxylic acids is 3. The lowest BCUT2D eigenvalue weighted by molar-refractivity contribution is -0.166. The highest BCUT2D eigenvalue weighted by Gasteiger charge is 2.51. The molecular formula is C17H20N4O7S. The van der Waals surface area contributed by atoms with Crippen LogP contribution >= 0.6 is 12.6 Å². The minimum atomic E-state index is -1.03. The summed E-state index contributed by atoms with van der Waals surface area (Å²) >= 11 is 4.41. The minimum Gasteiger partial charge on any atom is -0.463 e. The summed E-state index contributed by atoms with van der Waals surface area (Å²) in [5.41, 5.74) is 1.12. The molecule has 0 aromatic heterocycles. The number of ether oxygens (including phenoxy) is 4. The van der Waals surface area contributed by atoms with Crippen molar-refractivity contribution in [2.45, 2.75) is 57.4 Å². The first-order valence-electron chi connectivity index (χ1n) is 8.70. The Kier molecular flexibility index (Phi) is 6.03. The Morgan fingerprint density at radius 2 is 1.76 bits per heavy atom. The van der Waals surface area contributed by atoms with Gasteiger partial charge in [0.25, 0.3) is 0 Å². The number of aromatic nitrogens is 4. The molecule has 0 unspecified atom stereocenters. The third-order valence-electron chi connectivity index (χ3n) is 4.30. The van der Waals surface area contributed by atoms with Crippen molar-refractivity contribution in [3.63, 3.8) is 0 Å². The van der Waals surface area contributed by atoms with Crippen LogP contribution in [0.4, 0.5) is 0 Å². The van der Waals surface area contributed by atoms with Gasteiger partial charge >= 0.3 is 17.9 Å². The Hall–Kier alpha value is -2.73. The molecule has 0 saturated carbocycles. The molecule has 0 bridgehead atoms. The minimum absolute atomic E-state index is 0.199. The van der Waals surface area contributed by atoms with Crippen LogP contribution in [0.2, 0.25) is 0 Å². The fraction of sp³-hybridized carbons (Fsp3) is 0.529. The summed E-state index contributed by atoms with van der Waals surface area (Å²) in [6.07, 6.45) is -2.51. The quantitative estimate of drug-likeness (QED) is 0.316. The molecule has 0 amide bonds. The molecule has 0 aromatic rings. The average Bonchev–Trinajstić information content (AvgIpc) is 3.19. The summed E-state index contributed by atoms with van der Waals surface area (Å²) in [5, 5.41) is 0.229. The summed E-state index contributed by atoms with van der Waals surface area (Å²) in [6.45, 7) is 5.25. The number of nitrogens with zero attached hydrogens (tertiary/aromatic N) is 4. The van der Waals surface area contributed by atoms with E-state index in [1.807, 2.05) is 0 Å². The second-order valence-electron chi connectivity index (χ2n) is 6.43. The number of rotatable bonds is 5. The zero-order valence-electron chi connectivity index (χ0n) is 16.2. The molecule has 3 heterocycles. The van der Waals surface area contributed by atoms with E-state index in [4.69, 9.17) is 18.9 Å². The van der Waals surface area contributed by atoms with Gasteiger partial charge in [0, 0.05) is 26.5 Å². The van der Waals surface area contributed by atoms with Crippen LogP contribution in [0.3, 0.4) is 0 Å². The third-order valence-corrected chi connectivity index (χ3v) is 4.61. The van der Waals surface area contributed by atoms with Crippen molar-refractivity contribution >= 4 is 30.5 Å². The lowest BCUT2D eigenvalue weighted by Crippen LogP contribution is -2.40. The van der Waals surface area contributed by atoms with Crippen molar-refractivity contribution in [1.29, 1.82) is 0 Å². The molecule has 3 rings (SSSR count). The maximum Gasteiger partial charge on any atom is 0.303 e. The van der Waals surface area contributed by atoms with Crippen molar-refractivity contribution < 1.29 is 33.3 Å². The smallest absolute Gasteiger partial charge is 0.303 e. The Morgan fingerprint density at radius 1 is 1.10 bits per heavy atom. The summed E-state index contributed by atoms with van der Waals surface area (Å²) < 4.78 is 23.4. The van der Waals surface area contributed by atoms with Crippen molar-refractivity contribution in [2.24, 2.45) is 0 Å². The van der Waals surface area contributed by atoms with E-state index in [0.717, 1.165) is 0 Å². The molecule has 0 aromatic carbocycles. The second-order valence-corrected chi connectivity index (χ2v) is 6.83. The number of esters is 3. The van der Waals surface area contributed by atoms with Crippen LogP contribution in [0.25, 0.3) is 11.5 Å². The van der Waals surface area contributed by atoms with Crippen LogP contribution in [-0.4, -0.2) is 62.3 Å². The molecular weight excluding hydrogens is 404 g/mol. The second kappa shape index (κ2) is 8.33. The van der Waals surface area contributed by atoms with Gasteiger partial charge in [-0.15, -0.1) is 12.6 Å². The SMILES string of the molecule is CC(=O)OC[C@H]1O[C@@H](n2c(S)nc3ncnc-3c2C)[C@H](OC(C)=O)[C@H]1OC(C)=O. The number of fused-ring (bicyclic) bond motifs is 1. The zero-order chi connectivity index (χ0) is 21.3. The fourth-order valence-corrected chi connectivity index (χ4v) is 3.57. The van der Waals surface area contributed by atoms with Crippen molar-refractivity contribution in [1.82, 2.24) is 19.5 Å². The molecule has 12 heteroatoms. The van der Waals surface area contributed by atoms with Crippen molar-refractivity contribution in [2.75, 3.05) is 6.61 Å². The lowest BCUT2D eigenvalue weighted by Gasteiger charge is -2.26. The molecule has 0 radical (unpaired) electrons. The van der Waals surface area contributed by atoms with Gasteiger partial charge in [-0.1, -0.05) is 0 Å². The van der Waals surface area contributed by atoms with E-state index in [9.17, 15) is 14.4 Å². The number of imidazole rings is 1. The monoisotopic (exact) mass is 424 g/mol. The van der Waals surface area contributed by atoms with Crippen LogP contribution in [-0.2, 0) is 33.3 Å². The average molecular weight is 424 g/mol. The number of hydrogen-bond acceptors (Lipinski definition) is 11. The highest BCUT2D eigenvalue weighted by Crippen LogP contribution is 2.38. The standard InChI is InChI=1S/C17H20N4O7S/c1-7-12-15(19-6-18-12)20-17(29)21(7)16-14(27-10(4)24)13(26-9(3)23)11(28-16)5-25-8(2)22/h6,11,13-14,16H,5H2,1-4H3,(H,18,19,20,29)/t11-,13+,14-,16-/m1/s1. The topological polar surface area (TPSA) is 132 Å². The summed E-state index contributed by atoms with van der Waals surface area (Å²) in [6, 6.07) is 0. The van der Waals surface area contributed by atoms with Crippen LogP contribution in [0.5, 0.6) is 0 Å². The van der Waals surface area contributed by atoms with E-state index in [0.29, 0.717) is 17.2 Å². The van der Waals surface area contributed by atoms with E-state index in [-0.39, 0.29) is 11.8 Å². The number of hydrogen-bond donors (Lipinski definition) is 1. The summed E-state index contributed by atoms with van der Waals surface area (Å²) in [7, 11) is 0. The van der Waals surface area contributed by atoms with Gasteiger partial charge in [-0.3, -0.25) is 19.0 Å². The molecule has 29 heavy (non-hydrogen) atoms. The van der Waals surface area contributed by atoms with Crippen LogP contribution in [0, 0.1) is 6.92 Å². The van der Waals surface area contributed by atoms with Gasteiger partial charge in [0.05, 0.1) is 0 Å². The molecule has 11 nitrogen and oxygen atoms in total. The predicted octanol–water partition coefficient (Wildman–Crippen LogP) is 0.699. The Bertz CT molecular complexity index is 917. The molecule has 0 N–H and O–H groups in total. The number of thiol groups is 1.